The molecule has 0 spiro atoms. The van der Waals surface area contributed by atoms with Crippen LogP contribution >= 0.6 is 0 Å². The van der Waals surface area contributed by atoms with Gasteiger partial charge in [0.25, 0.3) is 0 Å². The van der Waals surface area contributed by atoms with E-state index in [1.165, 1.54) is 24.0 Å². The van der Waals surface area contributed by atoms with E-state index in [0.717, 1.165) is 29.9 Å². The van der Waals surface area contributed by atoms with Crippen molar-refractivity contribution >= 4 is 0 Å². The van der Waals surface area contributed by atoms with Crippen LogP contribution in [0.25, 0.3) is 0 Å². The van der Waals surface area contributed by atoms with Crippen molar-refractivity contribution in [2.45, 2.75) is 44.9 Å². The molecule has 0 aromatic heterocycles. The van der Waals surface area contributed by atoms with Crippen molar-refractivity contribution in [2.75, 3.05) is 20.8 Å². The lowest BCUT2D eigenvalue weighted by molar-refractivity contribution is 0.334. The van der Waals surface area contributed by atoms with Gasteiger partial charge in [0.2, 0.25) is 0 Å². The van der Waals surface area contributed by atoms with Crippen molar-refractivity contribution < 1.29 is 9.47 Å². The summed E-state index contributed by atoms with van der Waals surface area (Å²) in [6, 6.07) is 2.24. The number of nitrogens with two attached hydrogens (primary N) is 1. The maximum Gasteiger partial charge on any atom is 0.164 e. The van der Waals surface area contributed by atoms with Crippen LogP contribution in [0.15, 0.2) is 6.07 Å². The SMILES string of the molecule is COc1c(C2(CN)CCCC2)cc(C)c(C)c1OC. The monoisotopic (exact) mass is 263 g/mol. The molecule has 19 heavy (non-hydrogen) atoms. The molecule has 1 aliphatic carbocycles. The molecule has 0 amide bonds. The molecule has 1 aromatic rings. The van der Waals surface area contributed by atoms with Crippen LogP contribution in [-0.4, -0.2) is 20.8 Å². The van der Waals surface area contributed by atoms with Gasteiger partial charge in [-0.05, 0) is 37.8 Å². The average molecular weight is 263 g/mol. The van der Waals surface area contributed by atoms with E-state index in [1.807, 2.05) is 0 Å². The van der Waals surface area contributed by atoms with E-state index in [4.69, 9.17) is 15.2 Å². The Bertz CT molecular complexity index is 462. The minimum absolute atomic E-state index is 0.0666. The van der Waals surface area contributed by atoms with E-state index < -0.39 is 0 Å². The Morgan fingerprint density at radius 2 is 1.68 bits per heavy atom. The molecule has 0 aliphatic heterocycles. The average Bonchev–Trinajstić information content (AvgIpc) is 2.91. The number of hydrogen-bond donors (Lipinski definition) is 1. The van der Waals surface area contributed by atoms with Crippen molar-refractivity contribution in [3.63, 3.8) is 0 Å². The minimum atomic E-state index is 0.0666. The van der Waals surface area contributed by atoms with Gasteiger partial charge in [-0.15, -0.1) is 0 Å². The molecule has 0 saturated heterocycles. The van der Waals surface area contributed by atoms with Crippen molar-refractivity contribution in [3.05, 3.63) is 22.8 Å². The molecule has 1 saturated carbocycles. The third-order valence-corrected chi connectivity index (χ3v) is 4.67. The summed E-state index contributed by atoms with van der Waals surface area (Å²) in [5.74, 6) is 1.73. The van der Waals surface area contributed by atoms with E-state index in [0.29, 0.717) is 6.54 Å². The molecule has 1 aliphatic rings. The summed E-state index contributed by atoms with van der Waals surface area (Å²) in [6.45, 7) is 4.87. The lowest BCUT2D eigenvalue weighted by Crippen LogP contribution is -2.32. The number of ether oxygens (including phenoxy) is 2. The second-order valence-corrected chi connectivity index (χ2v) is 5.62. The maximum atomic E-state index is 6.11. The second-order valence-electron chi connectivity index (χ2n) is 5.62. The predicted octanol–water partition coefficient (Wildman–Crippen LogP) is 3.09. The highest BCUT2D eigenvalue weighted by atomic mass is 16.5. The van der Waals surface area contributed by atoms with Gasteiger partial charge in [0.05, 0.1) is 14.2 Å². The Labute approximate surface area is 116 Å². The zero-order valence-corrected chi connectivity index (χ0v) is 12.5. The van der Waals surface area contributed by atoms with Gasteiger partial charge in [0, 0.05) is 17.5 Å². The molecule has 1 fully saturated rings. The van der Waals surface area contributed by atoms with E-state index in [9.17, 15) is 0 Å². The highest BCUT2D eigenvalue weighted by Crippen LogP contribution is 2.48. The molecule has 3 heteroatoms. The van der Waals surface area contributed by atoms with Crippen LogP contribution < -0.4 is 15.2 Å². The van der Waals surface area contributed by atoms with Gasteiger partial charge in [0.15, 0.2) is 11.5 Å². The normalized spacial score (nSPS) is 17.5. The Hall–Kier alpha value is -1.22. The zero-order chi connectivity index (χ0) is 14.0. The molecule has 1 aromatic carbocycles. The number of hydrogen-bond acceptors (Lipinski definition) is 3. The zero-order valence-electron chi connectivity index (χ0n) is 12.5. The van der Waals surface area contributed by atoms with Gasteiger partial charge in [0.1, 0.15) is 0 Å². The number of benzene rings is 1. The molecule has 2 rings (SSSR count). The first-order valence-corrected chi connectivity index (χ1v) is 7.02. The Kier molecular flexibility index (Phi) is 4.04. The van der Waals surface area contributed by atoms with Gasteiger partial charge in [-0.2, -0.15) is 0 Å². The molecule has 0 radical (unpaired) electrons. The third kappa shape index (κ3) is 2.20. The summed E-state index contributed by atoms with van der Waals surface area (Å²) in [5, 5.41) is 0. The summed E-state index contributed by atoms with van der Waals surface area (Å²) in [4.78, 5) is 0. The van der Waals surface area contributed by atoms with Crippen LogP contribution in [0.5, 0.6) is 11.5 Å². The topological polar surface area (TPSA) is 44.5 Å². The summed E-state index contributed by atoms with van der Waals surface area (Å²) in [5.41, 5.74) is 9.80. The first-order chi connectivity index (χ1) is 9.09. The molecule has 0 bridgehead atoms. The van der Waals surface area contributed by atoms with Gasteiger partial charge in [-0.1, -0.05) is 18.9 Å². The number of rotatable bonds is 4. The Balaban J connectivity index is 2.65. The van der Waals surface area contributed by atoms with Gasteiger partial charge >= 0.3 is 0 Å². The highest BCUT2D eigenvalue weighted by molar-refractivity contribution is 5.57. The lowest BCUT2D eigenvalue weighted by atomic mass is 9.77. The van der Waals surface area contributed by atoms with Gasteiger partial charge in [-0.25, -0.2) is 0 Å². The van der Waals surface area contributed by atoms with Gasteiger partial charge < -0.3 is 15.2 Å². The quantitative estimate of drug-likeness (QED) is 0.908. The van der Waals surface area contributed by atoms with E-state index >= 15 is 0 Å². The minimum Gasteiger partial charge on any atom is -0.493 e. The van der Waals surface area contributed by atoms with Crippen LogP contribution in [-0.2, 0) is 5.41 Å². The summed E-state index contributed by atoms with van der Waals surface area (Å²) < 4.78 is 11.2. The maximum absolute atomic E-state index is 6.11. The molecule has 0 unspecified atom stereocenters. The van der Waals surface area contributed by atoms with E-state index in [1.54, 1.807) is 14.2 Å². The van der Waals surface area contributed by atoms with Crippen LogP contribution in [0.2, 0.25) is 0 Å². The van der Waals surface area contributed by atoms with Crippen molar-refractivity contribution in [1.29, 1.82) is 0 Å². The Morgan fingerprint density at radius 1 is 1.11 bits per heavy atom. The largest absolute Gasteiger partial charge is 0.493 e. The fourth-order valence-corrected chi connectivity index (χ4v) is 3.34. The standard InChI is InChI=1S/C16H25NO2/c1-11-9-13(16(10-17)7-5-6-8-16)15(19-4)14(18-3)12(11)2/h9H,5-8,10,17H2,1-4H3. The Morgan fingerprint density at radius 3 is 2.16 bits per heavy atom. The van der Waals surface area contributed by atoms with Crippen LogP contribution in [0, 0.1) is 13.8 Å². The molecular formula is C16H25NO2. The first kappa shape index (κ1) is 14.2. The van der Waals surface area contributed by atoms with Crippen LogP contribution in [0.4, 0.5) is 0 Å². The van der Waals surface area contributed by atoms with E-state index in [2.05, 4.69) is 19.9 Å². The highest BCUT2D eigenvalue weighted by Gasteiger charge is 2.38. The third-order valence-electron chi connectivity index (χ3n) is 4.67. The molecular weight excluding hydrogens is 238 g/mol. The fraction of sp³-hybridized carbons (Fsp3) is 0.625. The predicted molar refractivity (Wildman–Crippen MR) is 78.2 cm³/mol. The lowest BCUT2D eigenvalue weighted by Gasteiger charge is -2.31. The second kappa shape index (κ2) is 5.41. The van der Waals surface area contributed by atoms with Crippen molar-refractivity contribution in [3.8, 4) is 11.5 Å². The molecule has 2 N–H and O–H groups in total. The summed E-state index contributed by atoms with van der Waals surface area (Å²) >= 11 is 0. The molecule has 0 atom stereocenters. The number of aryl methyl sites for hydroxylation is 1. The summed E-state index contributed by atoms with van der Waals surface area (Å²) in [7, 11) is 3.42. The van der Waals surface area contributed by atoms with E-state index in [-0.39, 0.29) is 5.41 Å². The van der Waals surface area contributed by atoms with Crippen LogP contribution in [0.3, 0.4) is 0 Å². The number of methoxy groups -OCH3 is 2. The molecule has 3 nitrogen and oxygen atoms in total. The van der Waals surface area contributed by atoms with Gasteiger partial charge in [-0.3, -0.25) is 0 Å². The summed E-state index contributed by atoms with van der Waals surface area (Å²) in [6.07, 6.45) is 4.78. The van der Waals surface area contributed by atoms with Crippen LogP contribution in [0.1, 0.15) is 42.4 Å². The molecule has 0 heterocycles. The molecule has 106 valence electrons. The first-order valence-electron chi connectivity index (χ1n) is 7.02. The smallest absolute Gasteiger partial charge is 0.164 e. The van der Waals surface area contributed by atoms with Crippen molar-refractivity contribution in [2.24, 2.45) is 5.73 Å². The fourth-order valence-electron chi connectivity index (χ4n) is 3.34. The van der Waals surface area contributed by atoms with Crippen molar-refractivity contribution in [1.82, 2.24) is 0 Å².